The number of nitrogens with one attached hydrogen (secondary N) is 1. The number of thioether (sulfide) groups is 1. The Hall–Kier alpha value is -2.21. The zero-order valence-corrected chi connectivity index (χ0v) is 15.2. The topological polar surface area (TPSA) is 47.6 Å². The number of hydrogen-bond acceptors (Lipinski definition) is 4. The van der Waals surface area contributed by atoms with Crippen molar-refractivity contribution in [2.45, 2.75) is 24.8 Å². The molecule has 0 radical (unpaired) electrons. The number of carbonyl (C=O) groups excluding carboxylic acids is 1. The van der Waals surface area contributed by atoms with Crippen molar-refractivity contribution in [1.29, 1.82) is 0 Å². The van der Waals surface area contributed by atoms with Crippen LogP contribution in [0.25, 0.3) is 0 Å². The van der Waals surface area contributed by atoms with Gasteiger partial charge in [-0.05, 0) is 36.8 Å². The number of benzene rings is 2. The monoisotopic (exact) mass is 363 g/mol. The van der Waals surface area contributed by atoms with Gasteiger partial charge in [0.05, 0.1) is 13.7 Å². The maximum absolute atomic E-state index is 13.5. The first-order valence-corrected chi connectivity index (χ1v) is 9.06. The number of amides is 1. The van der Waals surface area contributed by atoms with Gasteiger partial charge in [-0.25, -0.2) is 4.39 Å². The average molecular weight is 363 g/mol. The van der Waals surface area contributed by atoms with Gasteiger partial charge >= 0.3 is 0 Å². The molecule has 1 amide bonds. The molecule has 0 spiro atoms. The molecule has 2 rings (SSSR count). The highest BCUT2D eigenvalue weighted by atomic mass is 32.2. The summed E-state index contributed by atoms with van der Waals surface area (Å²) >= 11 is 1.34. The third-order valence-corrected chi connectivity index (χ3v) is 4.49. The SMILES string of the molecule is CCOc1ccc(CNC(=O)CCSc2ccccc2F)cc1OC. The Morgan fingerprint density at radius 3 is 2.72 bits per heavy atom. The van der Waals surface area contributed by atoms with E-state index in [1.54, 1.807) is 25.3 Å². The van der Waals surface area contributed by atoms with Crippen LogP contribution in [0.2, 0.25) is 0 Å². The van der Waals surface area contributed by atoms with Gasteiger partial charge in [0.1, 0.15) is 5.82 Å². The zero-order chi connectivity index (χ0) is 18.1. The highest BCUT2D eigenvalue weighted by molar-refractivity contribution is 7.99. The molecule has 134 valence electrons. The van der Waals surface area contributed by atoms with E-state index in [1.807, 2.05) is 25.1 Å². The fourth-order valence-corrected chi connectivity index (χ4v) is 3.09. The molecule has 0 aliphatic rings. The van der Waals surface area contributed by atoms with E-state index < -0.39 is 0 Å². The second-order valence-corrected chi connectivity index (χ2v) is 6.36. The molecule has 2 aromatic rings. The van der Waals surface area contributed by atoms with E-state index in [1.165, 1.54) is 17.8 Å². The summed E-state index contributed by atoms with van der Waals surface area (Å²) in [5.41, 5.74) is 0.926. The second kappa shape index (κ2) is 9.93. The van der Waals surface area contributed by atoms with E-state index in [-0.39, 0.29) is 11.7 Å². The lowest BCUT2D eigenvalue weighted by atomic mass is 10.2. The van der Waals surface area contributed by atoms with Gasteiger partial charge in [-0.15, -0.1) is 11.8 Å². The molecule has 6 heteroatoms. The molecule has 0 aromatic heterocycles. The van der Waals surface area contributed by atoms with Crippen LogP contribution in [0.4, 0.5) is 4.39 Å². The zero-order valence-electron chi connectivity index (χ0n) is 14.4. The molecule has 2 aromatic carbocycles. The summed E-state index contributed by atoms with van der Waals surface area (Å²) in [5.74, 6) is 1.52. The summed E-state index contributed by atoms with van der Waals surface area (Å²) in [6.07, 6.45) is 0.327. The van der Waals surface area contributed by atoms with Crippen molar-refractivity contribution in [2.75, 3.05) is 19.5 Å². The normalized spacial score (nSPS) is 10.4. The molecule has 0 bridgehead atoms. The van der Waals surface area contributed by atoms with Crippen LogP contribution in [0.1, 0.15) is 18.9 Å². The van der Waals surface area contributed by atoms with Crippen LogP contribution in [0.3, 0.4) is 0 Å². The first kappa shape index (κ1) is 19.1. The van der Waals surface area contributed by atoms with Crippen molar-refractivity contribution in [2.24, 2.45) is 0 Å². The summed E-state index contributed by atoms with van der Waals surface area (Å²) in [7, 11) is 1.58. The Morgan fingerprint density at radius 1 is 1.20 bits per heavy atom. The Labute approximate surface area is 151 Å². The molecular formula is C19H22FNO3S. The molecule has 0 unspecified atom stereocenters. The number of methoxy groups -OCH3 is 1. The number of carbonyl (C=O) groups is 1. The van der Waals surface area contributed by atoms with Gasteiger partial charge in [0.2, 0.25) is 5.91 Å². The van der Waals surface area contributed by atoms with Crippen molar-refractivity contribution < 1.29 is 18.7 Å². The van der Waals surface area contributed by atoms with E-state index >= 15 is 0 Å². The summed E-state index contributed by atoms with van der Waals surface area (Å²) in [6.45, 7) is 2.88. The largest absolute Gasteiger partial charge is 0.493 e. The standard InChI is InChI=1S/C19H22FNO3S/c1-3-24-16-9-8-14(12-17(16)23-2)13-21-19(22)10-11-25-18-7-5-4-6-15(18)20/h4-9,12H,3,10-11,13H2,1-2H3,(H,21,22). The molecule has 0 fully saturated rings. The first-order chi connectivity index (χ1) is 12.1. The maximum atomic E-state index is 13.5. The van der Waals surface area contributed by atoms with Gasteiger partial charge in [0, 0.05) is 23.6 Å². The lowest BCUT2D eigenvalue weighted by Gasteiger charge is -2.11. The van der Waals surface area contributed by atoms with Gasteiger partial charge in [0.25, 0.3) is 0 Å². The van der Waals surface area contributed by atoms with Crippen LogP contribution < -0.4 is 14.8 Å². The molecule has 0 heterocycles. The van der Waals surface area contributed by atoms with Crippen LogP contribution in [0.5, 0.6) is 11.5 Å². The van der Waals surface area contributed by atoms with E-state index in [0.29, 0.717) is 41.7 Å². The van der Waals surface area contributed by atoms with Crippen molar-refractivity contribution in [3.8, 4) is 11.5 Å². The number of ether oxygens (including phenoxy) is 2. The molecule has 25 heavy (non-hydrogen) atoms. The summed E-state index contributed by atoms with van der Waals surface area (Å²) in [4.78, 5) is 12.5. The van der Waals surface area contributed by atoms with Crippen LogP contribution >= 0.6 is 11.8 Å². The van der Waals surface area contributed by atoms with E-state index in [9.17, 15) is 9.18 Å². The van der Waals surface area contributed by atoms with Gasteiger partial charge < -0.3 is 14.8 Å². The third-order valence-electron chi connectivity index (χ3n) is 3.44. The Morgan fingerprint density at radius 2 is 2.00 bits per heavy atom. The molecule has 0 aliphatic heterocycles. The fraction of sp³-hybridized carbons (Fsp3) is 0.316. The molecule has 0 saturated carbocycles. The second-order valence-electron chi connectivity index (χ2n) is 5.22. The molecule has 0 saturated heterocycles. The summed E-state index contributed by atoms with van der Waals surface area (Å²) < 4.78 is 24.3. The highest BCUT2D eigenvalue weighted by Crippen LogP contribution is 2.28. The van der Waals surface area contributed by atoms with Crippen molar-refractivity contribution in [1.82, 2.24) is 5.32 Å². The molecule has 1 N–H and O–H groups in total. The van der Waals surface area contributed by atoms with Gasteiger partial charge in [0.15, 0.2) is 11.5 Å². The molecular weight excluding hydrogens is 341 g/mol. The number of hydrogen-bond donors (Lipinski definition) is 1. The minimum absolute atomic E-state index is 0.0725. The lowest BCUT2D eigenvalue weighted by molar-refractivity contribution is -0.120. The predicted octanol–water partition coefficient (Wildman–Crippen LogP) is 4.03. The minimum atomic E-state index is -0.255. The first-order valence-electron chi connectivity index (χ1n) is 8.07. The van der Waals surface area contributed by atoms with Gasteiger partial charge in [-0.2, -0.15) is 0 Å². The lowest BCUT2D eigenvalue weighted by Crippen LogP contribution is -2.23. The van der Waals surface area contributed by atoms with Crippen molar-refractivity contribution in [3.63, 3.8) is 0 Å². The van der Waals surface area contributed by atoms with Crippen LogP contribution in [-0.4, -0.2) is 25.4 Å². The minimum Gasteiger partial charge on any atom is -0.493 e. The molecule has 4 nitrogen and oxygen atoms in total. The molecule has 0 atom stereocenters. The Bertz CT molecular complexity index is 709. The van der Waals surface area contributed by atoms with Crippen LogP contribution in [-0.2, 0) is 11.3 Å². The van der Waals surface area contributed by atoms with Crippen LogP contribution in [0.15, 0.2) is 47.4 Å². The summed E-state index contributed by atoms with van der Waals surface area (Å²) in [6, 6.07) is 12.1. The summed E-state index contributed by atoms with van der Waals surface area (Å²) in [5, 5.41) is 2.86. The van der Waals surface area contributed by atoms with Gasteiger partial charge in [-0.3, -0.25) is 4.79 Å². The van der Waals surface area contributed by atoms with Gasteiger partial charge in [-0.1, -0.05) is 18.2 Å². The average Bonchev–Trinajstić information content (AvgIpc) is 2.62. The predicted molar refractivity (Wildman–Crippen MR) is 97.8 cm³/mol. The number of rotatable bonds is 9. The van der Waals surface area contributed by atoms with E-state index in [4.69, 9.17) is 9.47 Å². The van der Waals surface area contributed by atoms with Crippen molar-refractivity contribution in [3.05, 3.63) is 53.8 Å². The van der Waals surface area contributed by atoms with Crippen molar-refractivity contribution >= 4 is 17.7 Å². The quantitative estimate of drug-likeness (QED) is 0.683. The van der Waals surface area contributed by atoms with Crippen LogP contribution in [0, 0.1) is 5.82 Å². The third kappa shape index (κ3) is 5.98. The molecule has 0 aliphatic carbocycles. The Balaban J connectivity index is 1.79. The highest BCUT2D eigenvalue weighted by Gasteiger charge is 2.08. The maximum Gasteiger partial charge on any atom is 0.221 e. The number of halogens is 1. The fourth-order valence-electron chi connectivity index (χ4n) is 2.20. The van der Waals surface area contributed by atoms with E-state index in [2.05, 4.69) is 5.32 Å². The smallest absolute Gasteiger partial charge is 0.221 e. The Kier molecular flexibility index (Phi) is 7.60. The van der Waals surface area contributed by atoms with E-state index in [0.717, 1.165) is 5.56 Å².